The van der Waals surface area contributed by atoms with Crippen LogP contribution in [0.5, 0.6) is 0 Å². The lowest BCUT2D eigenvalue weighted by molar-refractivity contribution is 0.0864. The number of nitrogens with zero attached hydrogens (tertiary/aromatic N) is 1. The maximum absolute atomic E-state index is 9.62. The molecule has 14 heavy (non-hydrogen) atoms. The molecule has 0 bridgehead atoms. The van der Waals surface area contributed by atoms with Gasteiger partial charge in [-0.2, -0.15) is 0 Å². The summed E-state index contributed by atoms with van der Waals surface area (Å²) < 4.78 is 0. The van der Waals surface area contributed by atoms with Gasteiger partial charge in [0.25, 0.3) is 0 Å². The Morgan fingerprint density at radius 2 is 2.00 bits per heavy atom. The Labute approximate surface area is 87.3 Å². The van der Waals surface area contributed by atoms with E-state index < -0.39 is 0 Å². The summed E-state index contributed by atoms with van der Waals surface area (Å²) in [6, 6.07) is 0.734. The van der Waals surface area contributed by atoms with Crippen molar-refractivity contribution in [3.8, 4) is 0 Å². The van der Waals surface area contributed by atoms with Gasteiger partial charge in [-0.25, -0.2) is 0 Å². The van der Waals surface area contributed by atoms with Gasteiger partial charge >= 0.3 is 0 Å². The van der Waals surface area contributed by atoms with Crippen molar-refractivity contribution < 1.29 is 5.11 Å². The van der Waals surface area contributed by atoms with Crippen molar-refractivity contribution in [2.24, 2.45) is 11.8 Å². The maximum atomic E-state index is 9.62. The number of fused-ring (bicyclic) bond motifs is 1. The molecule has 0 radical (unpaired) electrons. The molecule has 82 valence electrons. The van der Waals surface area contributed by atoms with Crippen molar-refractivity contribution in [1.82, 2.24) is 4.90 Å². The van der Waals surface area contributed by atoms with Crippen LogP contribution in [-0.2, 0) is 0 Å². The minimum atomic E-state index is -0.00636. The third-order valence-corrected chi connectivity index (χ3v) is 4.26. The van der Waals surface area contributed by atoms with Gasteiger partial charge in [-0.3, -0.25) is 0 Å². The number of rotatable bonds is 2. The highest BCUT2D eigenvalue weighted by atomic mass is 16.3. The molecule has 0 spiro atoms. The van der Waals surface area contributed by atoms with E-state index >= 15 is 0 Å². The van der Waals surface area contributed by atoms with Gasteiger partial charge in [-0.15, -0.1) is 0 Å². The lowest BCUT2D eigenvalue weighted by atomic mass is 9.80. The Kier molecular flexibility index (Phi) is 3.13. The molecular weight excluding hydrogens is 174 g/mol. The second-order valence-corrected chi connectivity index (χ2v) is 5.20. The second kappa shape index (κ2) is 4.19. The van der Waals surface area contributed by atoms with Crippen LogP contribution in [-0.4, -0.2) is 35.2 Å². The van der Waals surface area contributed by atoms with Crippen LogP contribution >= 0.6 is 0 Å². The number of likely N-dealkylation sites (tertiary alicyclic amines) is 1. The smallest absolute Gasteiger partial charge is 0.0543 e. The topological polar surface area (TPSA) is 23.5 Å². The third-order valence-electron chi connectivity index (χ3n) is 4.26. The predicted octanol–water partition coefficient (Wildman–Crippen LogP) is 1.88. The van der Waals surface area contributed by atoms with Crippen molar-refractivity contribution in [2.75, 3.05) is 13.1 Å². The van der Waals surface area contributed by atoms with Gasteiger partial charge < -0.3 is 10.0 Å². The fraction of sp³-hybridized carbons (Fsp3) is 1.00. The van der Waals surface area contributed by atoms with E-state index in [1.165, 1.54) is 25.9 Å². The Bertz CT molecular complexity index is 195. The average molecular weight is 197 g/mol. The highest BCUT2D eigenvalue weighted by Crippen LogP contribution is 2.37. The third kappa shape index (κ3) is 1.96. The summed E-state index contributed by atoms with van der Waals surface area (Å²) in [6.45, 7) is 7.11. The molecule has 1 aliphatic carbocycles. The average Bonchev–Trinajstić information content (AvgIpc) is 2.59. The maximum Gasteiger partial charge on any atom is 0.0543 e. The van der Waals surface area contributed by atoms with Crippen LogP contribution in [0.1, 0.15) is 39.5 Å². The summed E-state index contributed by atoms with van der Waals surface area (Å²) in [5, 5.41) is 9.62. The molecule has 1 saturated heterocycles. The van der Waals surface area contributed by atoms with Crippen molar-refractivity contribution >= 4 is 0 Å². The molecule has 0 amide bonds. The van der Waals surface area contributed by atoms with Gasteiger partial charge in [0.2, 0.25) is 0 Å². The van der Waals surface area contributed by atoms with E-state index in [0.29, 0.717) is 0 Å². The highest BCUT2D eigenvalue weighted by Gasteiger charge is 2.38. The molecule has 4 atom stereocenters. The molecule has 2 rings (SSSR count). The second-order valence-electron chi connectivity index (χ2n) is 5.20. The van der Waals surface area contributed by atoms with E-state index in [1.54, 1.807) is 0 Å². The molecule has 1 heterocycles. The van der Waals surface area contributed by atoms with E-state index in [2.05, 4.69) is 18.7 Å². The number of hydrogen-bond acceptors (Lipinski definition) is 2. The van der Waals surface area contributed by atoms with Gasteiger partial charge in [0.15, 0.2) is 0 Å². The first-order valence-corrected chi connectivity index (χ1v) is 6.12. The lowest BCUT2D eigenvalue weighted by Gasteiger charge is -2.27. The summed E-state index contributed by atoms with van der Waals surface area (Å²) in [5.74, 6) is 1.67. The fourth-order valence-corrected chi connectivity index (χ4v) is 3.06. The Morgan fingerprint density at radius 3 is 2.71 bits per heavy atom. The van der Waals surface area contributed by atoms with Gasteiger partial charge in [0.1, 0.15) is 0 Å². The predicted molar refractivity (Wildman–Crippen MR) is 58.2 cm³/mol. The van der Waals surface area contributed by atoms with Gasteiger partial charge in [-0.05, 0) is 44.4 Å². The van der Waals surface area contributed by atoms with Crippen LogP contribution in [0.25, 0.3) is 0 Å². The van der Waals surface area contributed by atoms with Crippen LogP contribution in [0.2, 0.25) is 0 Å². The SMILES string of the molecule is CCC(C)N1CC2CCC(O)CC2C1. The standard InChI is InChI=1S/C12H23NO/c1-3-9(2)13-7-10-4-5-12(14)6-11(10)8-13/h9-12,14H,3-8H2,1-2H3. The fourth-order valence-electron chi connectivity index (χ4n) is 3.06. The first-order chi connectivity index (χ1) is 6.70. The normalized spacial score (nSPS) is 40.9. The molecule has 1 saturated carbocycles. The van der Waals surface area contributed by atoms with Crippen LogP contribution in [0.15, 0.2) is 0 Å². The molecule has 0 aromatic heterocycles. The van der Waals surface area contributed by atoms with E-state index in [-0.39, 0.29) is 6.10 Å². The molecule has 1 N–H and O–H groups in total. The Morgan fingerprint density at radius 1 is 1.29 bits per heavy atom. The molecule has 1 aliphatic heterocycles. The van der Waals surface area contributed by atoms with Crippen LogP contribution in [0.3, 0.4) is 0 Å². The molecule has 2 heteroatoms. The number of aliphatic hydroxyl groups is 1. The van der Waals surface area contributed by atoms with Gasteiger partial charge in [-0.1, -0.05) is 6.92 Å². The summed E-state index contributed by atoms with van der Waals surface area (Å²) in [5.41, 5.74) is 0. The summed E-state index contributed by atoms with van der Waals surface area (Å²) in [7, 11) is 0. The highest BCUT2D eigenvalue weighted by molar-refractivity contribution is 4.90. The van der Waals surface area contributed by atoms with Gasteiger partial charge in [0, 0.05) is 19.1 Å². The first kappa shape index (κ1) is 10.4. The zero-order valence-corrected chi connectivity index (χ0v) is 9.45. The van der Waals surface area contributed by atoms with Crippen LogP contribution in [0.4, 0.5) is 0 Å². The van der Waals surface area contributed by atoms with Crippen LogP contribution < -0.4 is 0 Å². The summed E-state index contributed by atoms with van der Waals surface area (Å²) in [4.78, 5) is 2.62. The van der Waals surface area contributed by atoms with Crippen molar-refractivity contribution in [1.29, 1.82) is 0 Å². The summed E-state index contributed by atoms with van der Waals surface area (Å²) in [6.07, 6.45) is 4.58. The minimum Gasteiger partial charge on any atom is -0.393 e. The van der Waals surface area contributed by atoms with Crippen LogP contribution in [0, 0.1) is 11.8 Å². The molecule has 2 fully saturated rings. The minimum absolute atomic E-state index is 0.00636. The number of aliphatic hydroxyl groups excluding tert-OH is 1. The number of hydrogen-bond donors (Lipinski definition) is 1. The summed E-state index contributed by atoms with van der Waals surface area (Å²) >= 11 is 0. The zero-order chi connectivity index (χ0) is 10.1. The molecular formula is C12H23NO. The molecule has 2 nitrogen and oxygen atoms in total. The molecule has 0 aromatic rings. The van der Waals surface area contributed by atoms with Crippen molar-refractivity contribution in [2.45, 2.75) is 51.7 Å². The Balaban J connectivity index is 1.92. The largest absolute Gasteiger partial charge is 0.393 e. The van der Waals surface area contributed by atoms with E-state index in [1.807, 2.05) is 0 Å². The quantitative estimate of drug-likeness (QED) is 0.730. The van der Waals surface area contributed by atoms with E-state index in [4.69, 9.17) is 0 Å². The van der Waals surface area contributed by atoms with E-state index in [9.17, 15) is 5.11 Å². The van der Waals surface area contributed by atoms with E-state index in [0.717, 1.165) is 30.7 Å². The Hall–Kier alpha value is -0.0800. The van der Waals surface area contributed by atoms with Crippen molar-refractivity contribution in [3.05, 3.63) is 0 Å². The lowest BCUT2D eigenvalue weighted by Crippen LogP contribution is -2.30. The monoisotopic (exact) mass is 197 g/mol. The molecule has 2 aliphatic rings. The molecule has 0 aromatic carbocycles. The van der Waals surface area contributed by atoms with Gasteiger partial charge in [0.05, 0.1) is 6.10 Å². The first-order valence-electron chi connectivity index (χ1n) is 6.12. The zero-order valence-electron chi connectivity index (χ0n) is 9.45. The molecule has 4 unspecified atom stereocenters. The van der Waals surface area contributed by atoms with Crippen molar-refractivity contribution in [3.63, 3.8) is 0 Å².